The molecular formula is C17H16O6. The monoisotopic (exact) mass is 316 g/mol. The highest BCUT2D eigenvalue weighted by Crippen LogP contribution is 2.38. The number of benzene rings is 2. The van der Waals surface area contributed by atoms with Crippen LogP contribution in [0.1, 0.15) is 0 Å². The van der Waals surface area contributed by atoms with Gasteiger partial charge in [-0.25, -0.2) is 4.79 Å². The molecule has 0 fully saturated rings. The zero-order valence-corrected chi connectivity index (χ0v) is 13.3. The van der Waals surface area contributed by atoms with Crippen LogP contribution in [0.2, 0.25) is 0 Å². The van der Waals surface area contributed by atoms with Crippen LogP contribution < -0.4 is 24.6 Å². The van der Waals surface area contributed by atoms with Gasteiger partial charge < -0.3 is 23.4 Å². The first-order valence-electron chi connectivity index (χ1n) is 6.87. The fourth-order valence-corrected chi connectivity index (χ4v) is 2.58. The molecule has 0 bridgehead atoms. The summed E-state index contributed by atoms with van der Waals surface area (Å²) < 4.78 is 26.5. The predicted octanol–water partition coefficient (Wildman–Crippen LogP) is 2.98. The Morgan fingerprint density at radius 1 is 0.652 bits per heavy atom. The van der Waals surface area contributed by atoms with Crippen molar-refractivity contribution in [1.29, 1.82) is 0 Å². The molecule has 23 heavy (non-hydrogen) atoms. The van der Waals surface area contributed by atoms with Gasteiger partial charge in [-0.15, -0.1) is 0 Å². The molecule has 3 aromatic rings. The first kappa shape index (κ1) is 15.0. The third-order valence-electron chi connectivity index (χ3n) is 3.72. The molecule has 0 aliphatic rings. The Morgan fingerprint density at radius 2 is 1.09 bits per heavy atom. The number of rotatable bonds is 4. The van der Waals surface area contributed by atoms with E-state index in [4.69, 9.17) is 23.4 Å². The Labute approximate surface area is 132 Å². The number of hydrogen-bond donors (Lipinski definition) is 0. The molecule has 0 radical (unpaired) electrons. The summed E-state index contributed by atoms with van der Waals surface area (Å²) >= 11 is 0. The first-order chi connectivity index (χ1) is 11.1. The molecular weight excluding hydrogens is 300 g/mol. The van der Waals surface area contributed by atoms with E-state index in [2.05, 4.69) is 0 Å². The van der Waals surface area contributed by atoms with Crippen LogP contribution in [0.15, 0.2) is 33.5 Å². The SMILES string of the molecule is COc1cc2oc(=O)c3cc(OC)c(OC)cc3c2cc1OC. The summed E-state index contributed by atoms with van der Waals surface area (Å²) in [6.45, 7) is 0. The molecule has 0 saturated carbocycles. The van der Waals surface area contributed by atoms with Crippen LogP contribution in [0.4, 0.5) is 0 Å². The van der Waals surface area contributed by atoms with Crippen molar-refractivity contribution in [1.82, 2.24) is 0 Å². The highest BCUT2D eigenvalue weighted by Gasteiger charge is 2.16. The van der Waals surface area contributed by atoms with E-state index in [1.165, 1.54) is 14.2 Å². The van der Waals surface area contributed by atoms with Crippen molar-refractivity contribution < 1.29 is 23.4 Å². The molecule has 0 N–H and O–H groups in total. The van der Waals surface area contributed by atoms with Crippen molar-refractivity contribution in [2.75, 3.05) is 28.4 Å². The summed E-state index contributed by atoms with van der Waals surface area (Å²) in [6.07, 6.45) is 0. The molecule has 1 aromatic heterocycles. The minimum atomic E-state index is -0.458. The van der Waals surface area contributed by atoms with E-state index in [0.717, 1.165) is 5.39 Å². The second kappa shape index (κ2) is 5.72. The summed E-state index contributed by atoms with van der Waals surface area (Å²) in [5.74, 6) is 2.03. The lowest BCUT2D eigenvalue weighted by Crippen LogP contribution is -2.02. The zero-order chi connectivity index (χ0) is 16.6. The van der Waals surface area contributed by atoms with Gasteiger partial charge in [-0.3, -0.25) is 0 Å². The largest absolute Gasteiger partial charge is 0.493 e. The molecule has 120 valence electrons. The van der Waals surface area contributed by atoms with Crippen molar-refractivity contribution in [2.45, 2.75) is 0 Å². The minimum absolute atomic E-state index is 0.405. The predicted molar refractivity (Wildman–Crippen MR) is 86.2 cm³/mol. The minimum Gasteiger partial charge on any atom is -0.493 e. The summed E-state index contributed by atoms with van der Waals surface area (Å²) in [4.78, 5) is 12.3. The van der Waals surface area contributed by atoms with Crippen LogP contribution in [-0.4, -0.2) is 28.4 Å². The quantitative estimate of drug-likeness (QED) is 0.544. The van der Waals surface area contributed by atoms with E-state index < -0.39 is 5.63 Å². The van der Waals surface area contributed by atoms with Gasteiger partial charge in [-0.2, -0.15) is 0 Å². The Hall–Kier alpha value is -2.89. The van der Waals surface area contributed by atoms with Gasteiger partial charge in [-0.05, 0) is 18.2 Å². The molecule has 0 amide bonds. The Morgan fingerprint density at radius 3 is 1.61 bits per heavy atom. The van der Waals surface area contributed by atoms with Crippen molar-refractivity contribution in [2.24, 2.45) is 0 Å². The lowest BCUT2D eigenvalue weighted by atomic mass is 10.1. The van der Waals surface area contributed by atoms with Crippen LogP contribution in [0, 0.1) is 0 Å². The van der Waals surface area contributed by atoms with E-state index in [0.29, 0.717) is 39.4 Å². The molecule has 0 atom stereocenters. The lowest BCUT2D eigenvalue weighted by molar-refractivity contribution is 0.354. The van der Waals surface area contributed by atoms with Crippen LogP contribution in [0.25, 0.3) is 21.7 Å². The fraction of sp³-hybridized carbons (Fsp3) is 0.235. The molecule has 0 aliphatic carbocycles. The normalized spacial score (nSPS) is 10.8. The average Bonchev–Trinajstić information content (AvgIpc) is 2.59. The number of ether oxygens (including phenoxy) is 4. The number of hydrogen-bond acceptors (Lipinski definition) is 6. The van der Waals surface area contributed by atoms with Crippen molar-refractivity contribution >= 4 is 21.7 Å². The molecule has 0 spiro atoms. The Bertz CT molecular complexity index is 941. The molecule has 2 aromatic carbocycles. The highest BCUT2D eigenvalue weighted by molar-refractivity contribution is 6.06. The van der Waals surface area contributed by atoms with Crippen molar-refractivity contribution in [3.05, 3.63) is 34.7 Å². The fourth-order valence-electron chi connectivity index (χ4n) is 2.58. The molecule has 0 unspecified atom stereocenters. The lowest BCUT2D eigenvalue weighted by Gasteiger charge is -2.12. The van der Waals surface area contributed by atoms with E-state index >= 15 is 0 Å². The highest BCUT2D eigenvalue weighted by atomic mass is 16.5. The maximum Gasteiger partial charge on any atom is 0.344 e. The number of methoxy groups -OCH3 is 4. The molecule has 1 heterocycles. The molecule has 0 aliphatic heterocycles. The standard InChI is InChI=1S/C17H16O6/c1-19-13-5-9-10-6-14(20-2)16(22-4)8-12(10)23-17(18)11(9)7-15(13)21-3/h5-8H,1-4H3. The van der Waals surface area contributed by atoms with Gasteiger partial charge in [0.2, 0.25) is 0 Å². The van der Waals surface area contributed by atoms with Gasteiger partial charge >= 0.3 is 5.63 Å². The second-order valence-corrected chi connectivity index (χ2v) is 4.85. The van der Waals surface area contributed by atoms with E-state index in [1.807, 2.05) is 0 Å². The molecule has 6 heteroatoms. The summed E-state index contributed by atoms with van der Waals surface area (Å²) in [6, 6.07) is 6.76. The maximum atomic E-state index is 12.3. The second-order valence-electron chi connectivity index (χ2n) is 4.85. The molecule has 6 nitrogen and oxygen atoms in total. The zero-order valence-electron chi connectivity index (χ0n) is 13.3. The van der Waals surface area contributed by atoms with Gasteiger partial charge in [0.1, 0.15) is 5.58 Å². The smallest absolute Gasteiger partial charge is 0.344 e. The van der Waals surface area contributed by atoms with E-state index in [1.54, 1.807) is 38.5 Å². The summed E-state index contributed by atoms with van der Waals surface area (Å²) in [5.41, 5.74) is -0.0481. The topological polar surface area (TPSA) is 67.1 Å². The van der Waals surface area contributed by atoms with Gasteiger partial charge in [0.05, 0.1) is 33.8 Å². The molecule has 0 saturated heterocycles. The average molecular weight is 316 g/mol. The third kappa shape index (κ3) is 2.32. The Kier molecular flexibility index (Phi) is 3.73. The van der Waals surface area contributed by atoms with Gasteiger partial charge in [0.25, 0.3) is 0 Å². The van der Waals surface area contributed by atoms with Gasteiger partial charge in [0.15, 0.2) is 23.0 Å². The van der Waals surface area contributed by atoms with E-state index in [-0.39, 0.29) is 0 Å². The van der Waals surface area contributed by atoms with Crippen LogP contribution in [-0.2, 0) is 0 Å². The van der Waals surface area contributed by atoms with Gasteiger partial charge in [-0.1, -0.05) is 0 Å². The van der Waals surface area contributed by atoms with Crippen molar-refractivity contribution in [3.8, 4) is 23.0 Å². The summed E-state index contributed by atoms with van der Waals surface area (Å²) in [5, 5.41) is 1.82. The number of fused-ring (bicyclic) bond motifs is 3. The summed E-state index contributed by atoms with van der Waals surface area (Å²) in [7, 11) is 6.13. The van der Waals surface area contributed by atoms with Crippen LogP contribution in [0.5, 0.6) is 23.0 Å². The van der Waals surface area contributed by atoms with E-state index in [9.17, 15) is 4.79 Å². The van der Waals surface area contributed by atoms with Crippen LogP contribution >= 0.6 is 0 Å². The molecule has 3 rings (SSSR count). The van der Waals surface area contributed by atoms with Crippen LogP contribution in [0.3, 0.4) is 0 Å². The Balaban J connectivity index is 2.47. The van der Waals surface area contributed by atoms with Crippen molar-refractivity contribution in [3.63, 3.8) is 0 Å². The third-order valence-corrected chi connectivity index (χ3v) is 3.72. The maximum absolute atomic E-state index is 12.3. The first-order valence-corrected chi connectivity index (χ1v) is 6.87. The van der Waals surface area contributed by atoms with Gasteiger partial charge in [0, 0.05) is 16.8 Å².